The van der Waals surface area contributed by atoms with Crippen LogP contribution < -0.4 is 22.9 Å². The zero-order valence-corrected chi connectivity index (χ0v) is 10.8. The van der Waals surface area contributed by atoms with Gasteiger partial charge in [0.2, 0.25) is 0 Å². The molecular formula is C16H14N4. The molecule has 4 rings (SSSR count). The number of anilines is 4. The van der Waals surface area contributed by atoms with Crippen LogP contribution in [0.4, 0.5) is 22.7 Å². The highest BCUT2D eigenvalue weighted by atomic mass is 14.6. The number of hydrogen-bond donors (Lipinski definition) is 4. The van der Waals surface area contributed by atoms with Gasteiger partial charge in [-0.15, -0.1) is 0 Å². The first kappa shape index (κ1) is 11.0. The zero-order valence-electron chi connectivity index (χ0n) is 10.8. The number of benzene rings is 4. The van der Waals surface area contributed by atoms with Gasteiger partial charge in [-0.1, -0.05) is 24.3 Å². The number of nitrogen functional groups attached to an aromatic ring is 4. The van der Waals surface area contributed by atoms with Crippen LogP contribution in [0, 0.1) is 0 Å². The summed E-state index contributed by atoms with van der Waals surface area (Å²) in [6.07, 6.45) is 0. The van der Waals surface area contributed by atoms with Gasteiger partial charge in [-0.3, -0.25) is 0 Å². The second-order valence-electron chi connectivity index (χ2n) is 5.18. The molecule has 4 heteroatoms. The average molecular weight is 262 g/mol. The van der Waals surface area contributed by atoms with Gasteiger partial charge in [-0.25, -0.2) is 0 Å². The molecule has 0 unspecified atom stereocenters. The molecular weight excluding hydrogens is 248 g/mol. The molecule has 0 atom stereocenters. The smallest absolute Gasteiger partial charge is 0.0415 e. The molecule has 8 N–H and O–H groups in total. The number of hydrogen-bond acceptors (Lipinski definition) is 4. The Morgan fingerprint density at radius 3 is 0.950 bits per heavy atom. The molecule has 0 saturated carbocycles. The van der Waals surface area contributed by atoms with Crippen molar-refractivity contribution in [2.75, 3.05) is 22.9 Å². The van der Waals surface area contributed by atoms with Crippen LogP contribution in [0.15, 0.2) is 36.4 Å². The minimum absolute atomic E-state index is 0.672. The maximum absolute atomic E-state index is 6.10. The summed E-state index contributed by atoms with van der Waals surface area (Å²) in [4.78, 5) is 0. The highest BCUT2D eigenvalue weighted by Gasteiger charge is 2.14. The third-order valence-corrected chi connectivity index (χ3v) is 4.03. The molecule has 0 aliphatic rings. The third kappa shape index (κ3) is 1.15. The van der Waals surface area contributed by atoms with Crippen molar-refractivity contribution in [2.24, 2.45) is 0 Å². The molecule has 98 valence electrons. The number of nitrogens with two attached hydrogens (primary N) is 4. The SMILES string of the molecule is Nc1cc(N)c2ccc3c(N)cc(N)c4ccc1c2c43. The largest absolute Gasteiger partial charge is 0.398 e. The highest BCUT2D eigenvalue weighted by Crippen LogP contribution is 2.42. The molecule has 0 saturated heterocycles. The van der Waals surface area contributed by atoms with Crippen LogP contribution in [0.1, 0.15) is 0 Å². The Bertz CT molecular complexity index is 835. The minimum atomic E-state index is 0.672. The maximum atomic E-state index is 6.10. The molecule has 0 aliphatic carbocycles. The van der Waals surface area contributed by atoms with Crippen molar-refractivity contribution in [1.82, 2.24) is 0 Å². The summed E-state index contributed by atoms with van der Waals surface area (Å²) in [5.74, 6) is 0. The van der Waals surface area contributed by atoms with E-state index in [2.05, 4.69) is 0 Å². The Hall–Kier alpha value is -2.88. The van der Waals surface area contributed by atoms with E-state index >= 15 is 0 Å². The van der Waals surface area contributed by atoms with Crippen molar-refractivity contribution in [2.45, 2.75) is 0 Å². The summed E-state index contributed by atoms with van der Waals surface area (Å²) in [5.41, 5.74) is 27.1. The van der Waals surface area contributed by atoms with E-state index in [1.165, 1.54) is 0 Å². The van der Waals surface area contributed by atoms with E-state index in [-0.39, 0.29) is 0 Å². The van der Waals surface area contributed by atoms with Crippen molar-refractivity contribution in [1.29, 1.82) is 0 Å². The summed E-state index contributed by atoms with van der Waals surface area (Å²) in [6.45, 7) is 0. The second-order valence-corrected chi connectivity index (χ2v) is 5.18. The second kappa shape index (κ2) is 3.36. The molecule has 0 heterocycles. The molecule has 0 aromatic heterocycles. The lowest BCUT2D eigenvalue weighted by atomic mass is 9.91. The third-order valence-electron chi connectivity index (χ3n) is 4.03. The predicted molar refractivity (Wildman–Crippen MR) is 87.8 cm³/mol. The van der Waals surface area contributed by atoms with Gasteiger partial charge in [0.1, 0.15) is 0 Å². The van der Waals surface area contributed by atoms with Crippen LogP contribution in [-0.2, 0) is 0 Å². The van der Waals surface area contributed by atoms with Gasteiger partial charge in [0.05, 0.1) is 0 Å². The van der Waals surface area contributed by atoms with Crippen LogP contribution >= 0.6 is 0 Å². The highest BCUT2D eigenvalue weighted by molar-refractivity contribution is 6.30. The molecule has 4 aromatic rings. The lowest BCUT2D eigenvalue weighted by Crippen LogP contribution is -1.98. The Kier molecular flexibility index (Phi) is 1.85. The summed E-state index contributed by atoms with van der Waals surface area (Å²) < 4.78 is 0. The molecule has 0 bridgehead atoms. The zero-order chi connectivity index (χ0) is 14.0. The van der Waals surface area contributed by atoms with Gasteiger partial charge in [0.25, 0.3) is 0 Å². The van der Waals surface area contributed by atoms with E-state index in [0.29, 0.717) is 22.7 Å². The first-order valence-electron chi connectivity index (χ1n) is 6.38. The van der Waals surface area contributed by atoms with Crippen molar-refractivity contribution in [3.05, 3.63) is 36.4 Å². The van der Waals surface area contributed by atoms with Crippen LogP contribution in [0.25, 0.3) is 32.3 Å². The molecule has 0 spiro atoms. The Morgan fingerprint density at radius 2 is 0.700 bits per heavy atom. The van der Waals surface area contributed by atoms with Crippen molar-refractivity contribution >= 4 is 55.1 Å². The van der Waals surface area contributed by atoms with Crippen LogP contribution in [0.2, 0.25) is 0 Å². The van der Waals surface area contributed by atoms with Crippen LogP contribution in [0.3, 0.4) is 0 Å². The minimum Gasteiger partial charge on any atom is -0.398 e. The summed E-state index contributed by atoms with van der Waals surface area (Å²) in [7, 11) is 0. The van der Waals surface area contributed by atoms with E-state index in [0.717, 1.165) is 32.3 Å². The first-order valence-corrected chi connectivity index (χ1v) is 6.38. The normalized spacial score (nSPS) is 11.8. The summed E-state index contributed by atoms with van der Waals surface area (Å²) in [6, 6.07) is 11.6. The lowest BCUT2D eigenvalue weighted by Gasteiger charge is -2.16. The molecule has 20 heavy (non-hydrogen) atoms. The average Bonchev–Trinajstić information content (AvgIpc) is 2.42. The molecule has 0 amide bonds. The van der Waals surface area contributed by atoms with Gasteiger partial charge in [0, 0.05) is 55.1 Å². The quantitative estimate of drug-likeness (QED) is 0.289. The van der Waals surface area contributed by atoms with Crippen LogP contribution in [-0.4, -0.2) is 0 Å². The van der Waals surface area contributed by atoms with Crippen LogP contribution in [0.5, 0.6) is 0 Å². The Balaban J connectivity index is 2.47. The molecule has 0 fully saturated rings. The van der Waals surface area contributed by atoms with Crippen molar-refractivity contribution in [3.63, 3.8) is 0 Å². The van der Waals surface area contributed by atoms with Gasteiger partial charge < -0.3 is 22.9 Å². The predicted octanol–water partition coefficient (Wildman–Crippen LogP) is 2.91. The molecule has 0 radical (unpaired) electrons. The van der Waals surface area contributed by atoms with Crippen molar-refractivity contribution < 1.29 is 0 Å². The summed E-state index contributed by atoms with van der Waals surface area (Å²) >= 11 is 0. The molecule has 4 nitrogen and oxygen atoms in total. The Labute approximate surface area is 115 Å². The van der Waals surface area contributed by atoms with E-state index in [4.69, 9.17) is 22.9 Å². The molecule has 4 aromatic carbocycles. The van der Waals surface area contributed by atoms with Gasteiger partial charge in [-0.2, -0.15) is 0 Å². The molecule has 0 aliphatic heterocycles. The van der Waals surface area contributed by atoms with E-state index < -0.39 is 0 Å². The first-order chi connectivity index (χ1) is 9.58. The maximum Gasteiger partial charge on any atom is 0.0415 e. The fourth-order valence-electron chi connectivity index (χ4n) is 3.10. The summed E-state index contributed by atoms with van der Waals surface area (Å²) in [5, 5.41) is 6.01. The Morgan fingerprint density at radius 1 is 0.450 bits per heavy atom. The van der Waals surface area contributed by atoms with Gasteiger partial charge >= 0.3 is 0 Å². The fraction of sp³-hybridized carbons (Fsp3) is 0. The van der Waals surface area contributed by atoms with Crippen molar-refractivity contribution in [3.8, 4) is 0 Å². The van der Waals surface area contributed by atoms with E-state index in [9.17, 15) is 0 Å². The fourth-order valence-corrected chi connectivity index (χ4v) is 3.10. The topological polar surface area (TPSA) is 104 Å². The monoisotopic (exact) mass is 262 g/mol. The number of rotatable bonds is 0. The van der Waals surface area contributed by atoms with Gasteiger partial charge in [-0.05, 0) is 12.1 Å². The van der Waals surface area contributed by atoms with Gasteiger partial charge in [0.15, 0.2) is 0 Å². The van der Waals surface area contributed by atoms with E-state index in [1.54, 1.807) is 12.1 Å². The lowest BCUT2D eigenvalue weighted by molar-refractivity contribution is 1.72. The standard InChI is InChI=1S/C16H14N4/c17-11-5-13(19)9-3-4-10-14(20)6-12(18)8-2-1-7(11)15(9)16(8)10/h1-6H,17-20H2. The van der Waals surface area contributed by atoms with E-state index in [1.807, 2.05) is 24.3 Å².